The van der Waals surface area contributed by atoms with Gasteiger partial charge in [-0.3, -0.25) is 9.78 Å². The van der Waals surface area contributed by atoms with Gasteiger partial charge in [0, 0.05) is 44.9 Å². The quantitative estimate of drug-likeness (QED) is 0.911. The van der Waals surface area contributed by atoms with Crippen molar-refractivity contribution in [2.45, 2.75) is 19.8 Å². The molecular formula is C17H23N5O2. The van der Waals surface area contributed by atoms with Gasteiger partial charge in [0.2, 0.25) is 5.95 Å². The molecule has 1 N–H and O–H groups in total. The van der Waals surface area contributed by atoms with E-state index in [0.29, 0.717) is 25.3 Å². The number of aromatic amines is 1. The topological polar surface area (TPSA) is 74.3 Å². The van der Waals surface area contributed by atoms with Gasteiger partial charge in [0.15, 0.2) is 11.6 Å². The molecule has 7 heteroatoms. The predicted octanol–water partition coefficient (Wildman–Crippen LogP) is 1.15. The van der Waals surface area contributed by atoms with Crippen LogP contribution < -0.4 is 20.1 Å². The molecule has 0 atom stereocenters. The Morgan fingerprint density at radius 3 is 2.67 bits per heavy atom. The first-order valence-electron chi connectivity index (χ1n) is 8.05. The number of aromatic nitrogens is 3. The van der Waals surface area contributed by atoms with Crippen molar-refractivity contribution in [1.82, 2.24) is 15.0 Å². The van der Waals surface area contributed by atoms with Gasteiger partial charge in [-0.05, 0) is 25.5 Å². The first-order chi connectivity index (χ1) is 11.5. The summed E-state index contributed by atoms with van der Waals surface area (Å²) >= 11 is 0. The third kappa shape index (κ3) is 3.06. The summed E-state index contributed by atoms with van der Waals surface area (Å²) in [4.78, 5) is 28.5. The van der Waals surface area contributed by atoms with E-state index in [1.54, 1.807) is 7.11 Å². The van der Waals surface area contributed by atoms with Crippen LogP contribution in [0.5, 0.6) is 5.75 Å². The highest BCUT2D eigenvalue weighted by Crippen LogP contribution is 2.27. The fourth-order valence-corrected chi connectivity index (χ4v) is 2.94. The minimum atomic E-state index is -0.0466. The number of nitrogens with zero attached hydrogens (tertiary/aromatic N) is 4. The average molecular weight is 329 g/mol. The summed E-state index contributed by atoms with van der Waals surface area (Å²) < 4.78 is 5.45. The molecule has 0 saturated carbocycles. The molecule has 3 heterocycles. The van der Waals surface area contributed by atoms with Crippen molar-refractivity contribution in [3.63, 3.8) is 0 Å². The largest absolute Gasteiger partial charge is 0.493 e. The summed E-state index contributed by atoms with van der Waals surface area (Å²) in [6.45, 7) is 3.43. The number of hydrogen-bond donors (Lipinski definition) is 1. The number of hydrogen-bond acceptors (Lipinski definition) is 6. The van der Waals surface area contributed by atoms with Gasteiger partial charge in [0.25, 0.3) is 5.56 Å². The maximum atomic E-state index is 12.4. The van der Waals surface area contributed by atoms with Gasteiger partial charge in [0.1, 0.15) is 0 Å². The molecule has 0 aliphatic carbocycles. The van der Waals surface area contributed by atoms with Crippen molar-refractivity contribution in [1.29, 1.82) is 0 Å². The zero-order valence-corrected chi connectivity index (χ0v) is 14.6. The summed E-state index contributed by atoms with van der Waals surface area (Å²) in [6, 6.07) is 3.87. The third-order valence-electron chi connectivity index (χ3n) is 4.26. The number of pyridine rings is 1. The van der Waals surface area contributed by atoms with E-state index in [1.807, 2.05) is 38.1 Å². The molecule has 24 heavy (non-hydrogen) atoms. The van der Waals surface area contributed by atoms with Crippen LogP contribution in [0.15, 0.2) is 16.9 Å². The zero-order chi connectivity index (χ0) is 17.3. The number of anilines is 2. The molecule has 7 nitrogen and oxygen atoms in total. The average Bonchev–Trinajstić information content (AvgIpc) is 2.77. The monoisotopic (exact) mass is 329 g/mol. The Kier molecular flexibility index (Phi) is 4.42. The molecule has 0 fully saturated rings. The Hall–Kier alpha value is -2.57. The molecule has 1 aliphatic rings. The van der Waals surface area contributed by atoms with E-state index in [0.717, 1.165) is 35.1 Å². The summed E-state index contributed by atoms with van der Waals surface area (Å²) in [5, 5.41) is 0. The minimum Gasteiger partial charge on any atom is -0.493 e. The van der Waals surface area contributed by atoms with Gasteiger partial charge in [-0.25, -0.2) is 9.97 Å². The highest BCUT2D eigenvalue weighted by atomic mass is 16.5. The van der Waals surface area contributed by atoms with E-state index in [2.05, 4.69) is 19.9 Å². The molecular weight excluding hydrogens is 306 g/mol. The lowest BCUT2D eigenvalue weighted by molar-refractivity contribution is 0.412. The highest BCUT2D eigenvalue weighted by molar-refractivity contribution is 5.53. The molecule has 1 aliphatic heterocycles. The van der Waals surface area contributed by atoms with E-state index in [4.69, 9.17) is 4.74 Å². The van der Waals surface area contributed by atoms with Crippen LogP contribution >= 0.6 is 0 Å². The van der Waals surface area contributed by atoms with Crippen molar-refractivity contribution in [2.24, 2.45) is 0 Å². The van der Waals surface area contributed by atoms with E-state index in [1.165, 1.54) is 0 Å². The van der Waals surface area contributed by atoms with Crippen molar-refractivity contribution in [3.8, 4) is 5.75 Å². The molecule has 3 rings (SSSR count). The molecule has 128 valence electrons. The summed E-state index contributed by atoms with van der Waals surface area (Å²) in [6.07, 6.45) is 1.35. The zero-order valence-electron chi connectivity index (χ0n) is 14.6. The Morgan fingerprint density at radius 1 is 1.21 bits per heavy atom. The first-order valence-corrected chi connectivity index (χ1v) is 8.05. The molecule has 0 saturated heterocycles. The molecule has 0 radical (unpaired) electrons. The van der Waals surface area contributed by atoms with Crippen molar-refractivity contribution in [3.05, 3.63) is 39.4 Å². The Morgan fingerprint density at radius 2 is 1.96 bits per heavy atom. The maximum absolute atomic E-state index is 12.4. The lowest BCUT2D eigenvalue weighted by Gasteiger charge is -2.23. The third-order valence-corrected chi connectivity index (χ3v) is 4.26. The smallest absolute Gasteiger partial charge is 0.255 e. The van der Waals surface area contributed by atoms with Crippen LogP contribution in [0.25, 0.3) is 0 Å². The van der Waals surface area contributed by atoms with Crippen LogP contribution in [0.1, 0.15) is 17.0 Å². The first kappa shape index (κ1) is 16.3. The Balaban J connectivity index is 1.93. The van der Waals surface area contributed by atoms with Crippen molar-refractivity contribution < 1.29 is 4.74 Å². The van der Waals surface area contributed by atoms with Gasteiger partial charge in [-0.2, -0.15) is 0 Å². The summed E-state index contributed by atoms with van der Waals surface area (Å²) in [5.74, 6) is 2.18. The van der Waals surface area contributed by atoms with E-state index in [-0.39, 0.29) is 5.56 Å². The predicted molar refractivity (Wildman–Crippen MR) is 94.3 cm³/mol. The Bertz CT molecular complexity index is 800. The second-order valence-electron chi connectivity index (χ2n) is 6.17. The van der Waals surface area contributed by atoms with E-state index in [9.17, 15) is 4.79 Å². The van der Waals surface area contributed by atoms with Crippen LogP contribution in [-0.4, -0.2) is 49.2 Å². The van der Waals surface area contributed by atoms with E-state index < -0.39 is 0 Å². The lowest BCUT2D eigenvalue weighted by atomic mass is 10.1. The molecule has 2 aromatic heterocycles. The number of rotatable bonds is 3. The number of methoxy groups -OCH3 is 1. The fraction of sp³-hybridized carbons (Fsp3) is 0.471. The van der Waals surface area contributed by atoms with Crippen LogP contribution in [0.3, 0.4) is 0 Å². The standard InChI is InChI=1S/C17H23N5O2/c1-11-5-6-14(24-4)15(18-11)22-9-7-12-13(8-10-22)19-17(21(2)3)20-16(12)23/h5-6H,7-10H2,1-4H3,(H,19,20,23). The molecule has 0 spiro atoms. The second-order valence-corrected chi connectivity index (χ2v) is 6.17. The summed E-state index contributed by atoms with van der Waals surface area (Å²) in [7, 11) is 5.39. The number of aryl methyl sites for hydroxylation is 1. The highest BCUT2D eigenvalue weighted by Gasteiger charge is 2.22. The lowest BCUT2D eigenvalue weighted by Crippen LogP contribution is -2.28. The van der Waals surface area contributed by atoms with Gasteiger partial charge < -0.3 is 14.5 Å². The number of fused-ring (bicyclic) bond motifs is 1. The van der Waals surface area contributed by atoms with Crippen LogP contribution in [0.2, 0.25) is 0 Å². The van der Waals surface area contributed by atoms with Gasteiger partial charge in [0.05, 0.1) is 12.8 Å². The van der Waals surface area contributed by atoms with Crippen molar-refractivity contribution in [2.75, 3.05) is 44.1 Å². The molecule has 0 unspecified atom stereocenters. The normalized spacial score (nSPS) is 14.1. The van der Waals surface area contributed by atoms with Crippen LogP contribution in [0, 0.1) is 6.92 Å². The number of ether oxygens (including phenoxy) is 1. The van der Waals surface area contributed by atoms with Crippen LogP contribution in [0.4, 0.5) is 11.8 Å². The second kappa shape index (κ2) is 6.51. The Labute approximate surface area is 141 Å². The molecule has 0 amide bonds. The van der Waals surface area contributed by atoms with Gasteiger partial charge in [-0.15, -0.1) is 0 Å². The number of nitrogens with one attached hydrogen (secondary N) is 1. The number of H-pyrrole nitrogens is 1. The van der Waals surface area contributed by atoms with Gasteiger partial charge >= 0.3 is 0 Å². The summed E-state index contributed by atoms with van der Waals surface area (Å²) in [5.41, 5.74) is 2.54. The minimum absolute atomic E-state index is 0.0466. The van der Waals surface area contributed by atoms with Crippen LogP contribution in [-0.2, 0) is 12.8 Å². The fourth-order valence-electron chi connectivity index (χ4n) is 2.94. The molecule has 0 aromatic carbocycles. The maximum Gasteiger partial charge on any atom is 0.255 e. The van der Waals surface area contributed by atoms with Gasteiger partial charge in [-0.1, -0.05) is 0 Å². The molecule has 2 aromatic rings. The molecule has 0 bridgehead atoms. The van der Waals surface area contributed by atoms with Crippen molar-refractivity contribution >= 4 is 11.8 Å². The van der Waals surface area contributed by atoms with E-state index >= 15 is 0 Å². The SMILES string of the molecule is COc1ccc(C)nc1N1CCc2nc(N(C)C)[nH]c(=O)c2CC1.